The van der Waals surface area contributed by atoms with E-state index in [4.69, 9.17) is 4.74 Å². The molecule has 0 fully saturated rings. The minimum Gasteiger partial charge on any atom is -0.462 e. The number of hydrogen-bond acceptors (Lipinski definition) is 3. The Morgan fingerprint density at radius 1 is 0.917 bits per heavy atom. The van der Waals surface area contributed by atoms with E-state index in [0.29, 0.717) is 30.7 Å². The second-order valence-corrected chi connectivity index (χ2v) is 5.52. The van der Waals surface area contributed by atoms with Gasteiger partial charge in [0.2, 0.25) is 5.91 Å². The number of ether oxygens (including phenoxy) is 1. The molecule has 0 saturated heterocycles. The van der Waals surface area contributed by atoms with Crippen molar-refractivity contribution in [3.63, 3.8) is 0 Å². The number of rotatable bonds is 7. The molecule has 2 aromatic carbocycles. The summed E-state index contributed by atoms with van der Waals surface area (Å²) < 4.78 is 4.93. The SMILES string of the molecule is CCOC(=O)c1ccc(NC(=O)CCc2ccc(CC)cc2)cc1. The van der Waals surface area contributed by atoms with E-state index in [1.165, 1.54) is 5.56 Å². The molecule has 0 spiro atoms. The van der Waals surface area contributed by atoms with Gasteiger partial charge in [-0.15, -0.1) is 0 Å². The Hall–Kier alpha value is -2.62. The quantitative estimate of drug-likeness (QED) is 0.783. The molecule has 0 aliphatic rings. The number of amides is 1. The first kappa shape index (κ1) is 17.7. The van der Waals surface area contributed by atoms with Crippen molar-refractivity contribution < 1.29 is 14.3 Å². The number of benzene rings is 2. The molecule has 4 nitrogen and oxygen atoms in total. The number of nitrogens with one attached hydrogen (secondary N) is 1. The first-order chi connectivity index (χ1) is 11.6. The van der Waals surface area contributed by atoms with Crippen molar-refractivity contribution in [3.8, 4) is 0 Å². The van der Waals surface area contributed by atoms with Crippen LogP contribution in [0, 0.1) is 0 Å². The van der Waals surface area contributed by atoms with E-state index in [0.717, 1.165) is 12.0 Å². The number of hydrogen-bond donors (Lipinski definition) is 1. The molecule has 0 unspecified atom stereocenters. The molecule has 0 aliphatic carbocycles. The van der Waals surface area contributed by atoms with E-state index in [2.05, 4.69) is 36.5 Å². The van der Waals surface area contributed by atoms with E-state index >= 15 is 0 Å². The van der Waals surface area contributed by atoms with Crippen LogP contribution in [0.1, 0.15) is 41.8 Å². The Kier molecular flexibility index (Phi) is 6.55. The van der Waals surface area contributed by atoms with Gasteiger partial charge in [0, 0.05) is 12.1 Å². The molecule has 0 aromatic heterocycles. The zero-order valence-electron chi connectivity index (χ0n) is 14.2. The third-order valence-corrected chi connectivity index (χ3v) is 3.75. The molecule has 2 aromatic rings. The standard InChI is InChI=1S/C20H23NO3/c1-3-15-5-7-16(8-6-15)9-14-19(22)21-18-12-10-17(11-13-18)20(23)24-4-2/h5-8,10-13H,3-4,9,14H2,1-2H3,(H,21,22). The fraction of sp³-hybridized carbons (Fsp3) is 0.300. The summed E-state index contributed by atoms with van der Waals surface area (Å²) in [5.74, 6) is -0.399. The van der Waals surface area contributed by atoms with Crippen LogP contribution in [-0.4, -0.2) is 18.5 Å². The Balaban J connectivity index is 1.84. The smallest absolute Gasteiger partial charge is 0.338 e. The zero-order valence-corrected chi connectivity index (χ0v) is 14.2. The molecule has 1 amide bonds. The molecule has 24 heavy (non-hydrogen) atoms. The summed E-state index contributed by atoms with van der Waals surface area (Å²) in [6.07, 6.45) is 2.14. The van der Waals surface area contributed by atoms with Gasteiger partial charge in [0.15, 0.2) is 0 Å². The second-order valence-electron chi connectivity index (χ2n) is 5.52. The minimum absolute atomic E-state index is 0.0431. The number of anilines is 1. The Labute approximate surface area is 142 Å². The van der Waals surface area contributed by atoms with Crippen molar-refractivity contribution in [1.82, 2.24) is 0 Å². The molecule has 2 rings (SSSR count). The minimum atomic E-state index is -0.356. The Morgan fingerprint density at radius 3 is 2.12 bits per heavy atom. The van der Waals surface area contributed by atoms with Gasteiger partial charge in [-0.2, -0.15) is 0 Å². The van der Waals surface area contributed by atoms with Crippen LogP contribution in [-0.2, 0) is 22.4 Å². The lowest BCUT2D eigenvalue weighted by Gasteiger charge is -2.07. The van der Waals surface area contributed by atoms with Crippen LogP contribution in [0.15, 0.2) is 48.5 Å². The van der Waals surface area contributed by atoms with E-state index < -0.39 is 0 Å². The topological polar surface area (TPSA) is 55.4 Å². The average molecular weight is 325 g/mol. The van der Waals surface area contributed by atoms with Crippen molar-refractivity contribution in [2.45, 2.75) is 33.1 Å². The molecule has 126 valence electrons. The maximum atomic E-state index is 12.0. The molecule has 0 atom stereocenters. The summed E-state index contributed by atoms with van der Waals surface area (Å²) >= 11 is 0. The monoisotopic (exact) mass is 325 g/mol. The Bertz CT molecular complexity index is 675. The lowest BCUT2D eigenvalue weighted by molar-refractivity contribution is -0.116. The maximum absolute atomic E-state index is 12.0. The predicted octanol–water partition coefficient (Wildman–Crippen LogP) is 4.00. The van der Waals surface area contributed by atoms with Gasteiger partial charge in [-0.3, -0.25) is 4.79 Å². The van der Waals surface area contributed by atoms with Gasteiger partial charge in [0.1, 0.15) is 0 Å². The molecule has 0 saturated carbocycles. The highest BCUT2D eigenvalue weighted by Crippen LogP contribution is 2.12. The van der Waals surface area contributed by atoms with Crippen molar-refractivity contribution in [1.29, 1.82) is 0 Å². The largest absolute Gasteiger partial charge is 0.462 e. The van der Waals surface area contributed by atoms with Gasteiger partial charge in [-0.1, -0.05) is 31.2 Å². The van der Waals surface area contributed by atoms with Crippen LogP contribution in [0.2, 0.25) is 0 Å². The average Bonchev–Trinajstić information content (AvgIpc) is 2.61. The molecule has 0 aliphatic heterocycles. The van der Waals surface area contributed by atoms with Gasteiger partial charge in [0.25, 0.3) is 0 Å². The van der Waals surface area contributed by atoms with Crippen molar-refractivity contribution in [2.24, 2.45) is 0 Å². The van der Waals surface area contributed by atoms with Crippen LogP contribution < -0.4 is 5.32 Å². The molecule has 0 heterocycles. The van der Waals surface area contributed by atoms with Crippen molar-refractivity contribution >= 4 is 17.6 Å². The van der Waals surface area contributed by atoms with Crippen LogP contribution >= 0.6 is 0 Å². The number of esters is 1. The highest BCUT2D eigenvalue weighted by Gasteiger charge is 2.07. The summed E-state index contributed by atoms with van der Waals surface area (Å²) in [7, 11) is 0. The van der Waals surface area contributed by atoms with Crippen molar-refractivity contribution in [3.05, 3.63) is 65.2 Å². The lowest BCUT2D eigenvalue weighted by Crippen LogP contribution is -2.12. The highest BCUT2D eigenvalue weighted by atomic mass is 16.5. The number of aryl methyl sites for hydroxylation is 2. The summed E-state index contributed by atoms with van der Waals surface area (Å²) in [5, 5.41) is 2.84. The van der Waals surface area contributed by atoms with E-state index in [-0.39, 0.29) is 11.9 Å². The predicted molar refractivity (Wildman–Crippen MR) is 95.2 cm³/mol. The Morgan fingerprint density at radius 2 is 1.54 bits per heavy atom. The fourth-order valence-electron chi connectivity index (χ4n) is 2.33. The van der Waals surface area contributed by atoms with Crippen molar-refractivity contribution in [2.75, 3.05) is 11.9 Å². The van der Waals surface area contributed by atoms with Crippen LogP contribution in [0.3, 0.4) is 0 Å². The van der Waals surface area contributed by atoms with Gasteiger partial charge in [-0.25, -0.2) is 4.79 Å². The summed E-state index contributed by atoms with van der Waals surface area (Å²) in [5.41, 5.74) is 3.60. The summed E-state index contributed by atoms with van der Waals surface area (Å²) in [6.45, 7) is 4.23. The summed E-state index contributed by atoms with van der Waals surface area (Å²) in [4.78, 5) is 23.6. The number of carbonyl (C=O) groups excluding carboxylic acids is 2. The second kappa shape index (κ2) is 8.87. The van der Waals surface area contributed by atoms with E-state index in [9.17, 15) is 9.59 Å². The summed E-state index contributed by atoms with van der Waals surface area (Å²) in [6, 6.07) is 15.1. The maximum Gasteiger partial charge on any atom is 0.338 e. The van der Waals surface area contributed by atoms with Crippen LogP contribution in [0.25, 0.3) is 0 Å². The van der Waals surface area contributed by atoms with Gasteiger partial charge in [0.05, 0.1) is 12.2 Å². The van der Waals surface area contributed by atoms with Crippen LogP contribution in [0.4, 0.5) is 5.69 Å². The first-order valence-electron chi connectivity index (χ1n) is 8.27. The van der Waals surface area contributed by atoms with Gasteiger partial charge >= 0.3 is 5.97 Å². The van der Waals surface area contributed by atoms with E-state index in [1.54, 1.807) is 31.2 Å². The molecule has 0 radical (unpaired) electrons. The molecular weight excluding hydrogens is 302 g/mol. The van der Waals surface area contributed by atoms with E-state index in [1.807, 2.05) is 0 Å². The lowest BCUT2D eigenvalue weighted by atomic mass is 10.1. The zero-order chi connectivity index (χ0) is 17.4. The number of carbonyl (C=O) groups is 2. The van der Waals surface area contributed by atoms with Gasteiger partial charge in [-0.05, 0) is 55.2 Å². The third kappa shape index (κ3) is 5.23. The fourth-order valence-corrected chi connectivity index (χ4v) is 2.33. The molecular formula is C20H23NO3. The normalized spacial score (nSPS) is 10.2. The molecule has 0 bridgehead atoms. The third-order valence-electron chi connectivity index (χ3n) is 3.75. The molecule has 1 N–H and O–H groups in total. The first-order valence-corrected chi connectivity index (χ1v) is 8.27. The highest BCUT2D eigenvalue weighted by molar-refractivity contribution is 5.93. The van der Waals surface area contributed by atoms with Gasteiger partial charge < -0.3 is 10.1 Å². The molecule has 4 heteroatoms. The van der Waals surface area contributed by atoms with Crippen LogP contribution in [0.5, 0.6) is 0 Å².